The van der Waals surface area contributed by atoms with Crippen LogP contribution in [0.5, 0.6) is 0 Å². The molecule has 1 heterocycles. The number of Topliss-reactive ketones (excluding diaryl/α,β-unsaturated/α-hetero) is 2. The maximum absolute atomic E-state index is 11.9. The summed E-state index contributed by atoms with van der Waals surface area (Å²) in [7, 11) is 2.00. The largest absolute Gasteiger partial charge is 0.389 e. The van der Waals surface area contributed by atoms with Crippen LogP contribution in [0.2, 0.25) is 0 Å². The van der Waals surface area contributed by atoms with Crippen LogP contribution in [0.3, 0.4) is 0 Å². The highest BCUT2D eigenvalue weighted by Crippen LogP contribution is 2.25. The number of thioether (sulfide) groups is 1. The molecule has 3 rings (SSSR count). The first-order valence-electron chi connectivity index (χ1n) is 17.8. The normalized spacial score (nSPS) is 11.9. The highest BCUT2D eigenvalue weighted by atomic mass is 32.2. The summed E-state index contributed by atoms with van der Waals surface area (Å²) in [6, 6.07) is 14.7. The molecular weight excluding hydrogens is 654 g/mol. The fourth-order valence-electron chi connectivity index (χ4n) is 4.74. The number of alkyl halides is 3. The van der Waals surface area contributed by atoms with Gasteiger partial charge in [-0.1, -0.05) is 83.5 Å². The highest BCUT2D eigenvalue weighted by molar-refractivity contribution is 8.03. The van der Waals surface area contributed by atoms with Crippen LogP contribution in [0.1, 0.15) is 114 Å². The molecule has 0 aliphatic heterocycles. The lowest BCUT2D eigenvalue weighted by Crippen LogP contribution is -2.07. The molecular formula is C42H63F3N2O2S. The maximum Gasteiger partial charge on any atom is 0.389 e. The molecule has 0 N–H and O–H groups in total. The third-order valence-corrected chi connectivity index (χ3v) is 9.82. The number of halogens is 3. The molecule has 2 atom stereocenters. The molecule has 0 fully saturated rings. The van der Waals surface area contributed by atoms with Crippen molar-refractivity contribution in [1.29, 1.82) is 0 Å². The van der Waals surface area contributed by atoms with E-state index in [0.717, 1.165) is 46.6 Å². The smallest absolute Gasteiger partial charge is 0.300 e. The SMILES string of the molecule is C=C(SCC(C)=O)C(C)CC.CCC(C)C(C)=O.CCCc1ccc(-c2cc(C)nn2C)cc1C.Cc1ccc(CCCC(F)(F)F)c(C)c1. The number of carbonyl (C=O) groups excluding carboxylic acids is 2. The molecule has 3 aromatic rings. The monoisotopic (exact) mass is 716 g/mol. The van der Waals surface area contributed by atoms with Crippen molar-refractivity contribution in [3.63, 3.8) is 0 Å². The molecule has 0 aliphatic carbocycles. The van der Waals surface area contributed by atoms with E-state index in [1.165, 1.54) is 28.8 Å². The minimum atomic E-state index is -4.03. The van der Waals surface area contributed by atoms with Gasteiger partial charge in [-0.25, -0.2) is 0 Å². The van der Waals surface area contributed by atoms with Gasteiger partial charge in [-0.15, -0.1) is 11.8 Å². The van der Waals surface area contributed by atoms with Crippen LogP contribution in [0, 0.1) is 39.5 Å². The Hall–Kier alpha value is -3.13. The molecule has 50 heavy (non-hydrogen) atoms. The second-order valence-corrected chi connectivity index (χ2v) is 14.4. The number of carbonyl (C=O) groups is 2. The summed E-state index contributed by atoms with van der Waals surface area (Å²) >= 11 is 1.57. The summed E-state index contributed by atoms with van der Waals surface area (Å²) in [5, 5.41) is 4.39. The van der Waals surface area contributed by atoms with E-state index in [1.54, 1.807) is 25.6 Å². The summed E-state index contributed by atoms with van der Waals surface area (Å²) in [6.07, 6.45) is 0.387. The van der Waals surface area contributed by atoms with E-state index < -0.39 is 12.6 Å². The van der Waals surface area contributed by atoms with Crippen molar-refractivity contribution in [2.75, 3.05) is 5.75 Å². The van der Waals surface area contributed by atoms with Gasteiger partial charge in [0.05, 0.1) is 17.1 Å². The number of nitrogens with zero attached hydrogens (tertiary/aromatic N) is 2. The summed E-state index contributed by atoms with van der Waals surface area (Å²) in [5.74, 6) is 1.88. The number of ketones is 2. The van der Waals surface area contributed by atoms with Crippen molar-refractivity contribution < 1.29 is 22.8 Å². The Morgan fingerprint density at radius 1 is 0.860 bits per heavy atom. The quantitative estimate of drug-likeness (QED) is 0.177. The van der Waals surface area contributed by atoms with Gasteiger partial charge < -0.3 is 0 Å². The molecule has 1 aromatic heterocycles. The Morgan fingerprint density at radius 2 is 1.42 bits per heavy atom. The molecule has 0 saturated heterocycles. The summed E-state index contributed by atoms with van der Waals surface area (Å²) in [4.78, 5) is 22.1. The number of hydrogen-bond acceptors (Lipinski definition) is 4. The first-order valence-corrected chi connectivity index (χ1v) is 18.8. The summed E-state index contributed by atoms with van der Waals surface area (Å²) in [5.41, 5.74) is 9.59. The van der Waals surface area contributed by atoms with Crippen molar-refractivity contribution in [1.82, 2.24) is 9.78 Å². The van der Waals surface area contributed by atoms with E-state index in [-0.39, 0.29) is 18.1 Å². The summed E-state index contributed by atoms with van der Waals surface area (Å²) < 4.78 is 37.7. The van der Waals surface area contributed by atoms with Gasteiger partial charge >= 0.3 is 6.18 Å². The van der Waals surface area contributed by atoms with Crippen molar-refractivity contribution in [2.24, 2.45) is 18.9 Å². The predicted molar refractivity (Wildman–Crippen MR) is 209 cm³/mol. The fraction of sp³-hybridized carbons (Fsp3) is 0.548. The van der Waals surface area contributed by atoms with E-state index in [1.807, 2.05) is 64.5 Å². The van der Waals surface area contributed by atoms with Crippen molar-refractivity contribution in [3.8, 4) is 11.3 Å². The van der Waals surface area contributed by atoms with Crippen LogP contribution in [0.15, 0.2) is 53.9 Å². The molecule has 0 spiro atoms. The van der Waals surface area contributed by atoms with Crippen LogP contribution in [0.4, 0.5) is 13.2 Å². The lowest BCUT2D eigenvalue weighted by Gasteiger charge is -2.09. The van der Waals surface area contributed by atoms with E-state index in [2.05, 4.69) is 63.6 Å². The van der Waals surface area contributed by atoms with Crippen LogP contribution in [-0.4, -0.2) is 33.3 Å². The molecule has 8 heteroatoms. The molecule has 280 valence electrons. The number of benzene rings is 2. The van der Waals surface area contributed by atoms with Gasteiger partial charge in [0.2, 0.25) is 0 Å². The van der Waals surface area contributed by atoms with E-state index in [9.17, 15) is 22.8 Å². The number of allylic oxidation sites excluding steroid dienone is 1. The zero-order chi connectivity index (χ0) is 38.6. The number of aromatic nitrogens is 2. The second-order valence-electron chi connectivity index (χ2n) is 13.3. The van der Waals surface area contributed by atoms with Gasteiger partial charge in [0.15, 0.2) is 0 Å². The van der Waals surface area contributed by atoms with E-state index in [4.69, 9.17) is 0 Å². The third kappa shape index (κ3) is 19.9. The van der Waals surface area contributed by atoms with Gasteiger partial charge in [0.1, 0.15) is 11.6 Å². The molecule has 2 unspecified atom stereocenters. The number of hydrogen-bond donors (Lipinski definition) is 0. The lowest BCUT2D eigenvalue weighted by atomic mass is 10.00. The molecule has 0 amide bonds. The molecule has 0 radical (unpaired) electrons. The van der Waals surface area contributed by atoms with Crippen LogP contribution in [0.25, 0.3) is 11.3 Å². The van der Waals surface area contributed by atoms with Crippen molar-refractivity contribution in [2.45, 2.75) is 127 Å². The van der Waals surface area contributed by atoms with Gasteiger partial charge in [0.25, 0.3) is 0 Å². The molecule has 0 saturated carbocycles. The average Bonchev–Trinajstić information content (AvgIpc) is 3.38. The Morgan fingerprint density at radius 3 is 1.84 bits per heavy atom. The molecule has 4 nitrogen and oxygen atoms in total. The first-order chi connectivity index (χ1) is 23.3. The Labute approximate surface area is 305 Å². The fourth-order valence-corrected chi connectivity index (χ4v) is 5.58. The minimum absolute atomic E-state index is 0.174. The highest BCUT2D eigenvalue weighted by Gasteiger charge is 2.26. The van der Waals surface area contributed by atoms with Crippen LogP contribution in [-0.2, 0) is 29.5 Å². The summed E-state index contributed by atoms with van der Waals surface area (Å²) in [6.45, 7) is 25.7. The Bertz CT molecular complexity index is 1480. The Kier molecular flexibility index (Phi) is 22.6. The first kappa shape index (κ1) is 46.9. The van der Waals surface area contributed by atoms with Gasteiger partial charge in [-0.3, -0.25) is 14.3 Å². The molecule has 2 aromatic carbocycles. The van der Waals surface area contributed by atoms with Crippen LogP contribution < -0.4 is 0 Å². The zero-order valence-electron chi connectivity index (χ0n) is 32.8. The van der Waals surface area contributed by atoms with Crippen LogP contribution >= 0.6 is 11.8 Å². The Balaban J connectivity index is 0.000000671. The number of rotatable bonds is 13. The van der Waals surface area contributed by atoms with Gasteiger partial charge in [-0.05, 0) is 119 Å². The maximum atomic E-state index is 11.9. The number of aryl methyl sites for hydroxylation is 7. The molecule has 0 aliphatic rings. The van der Waals surface area contributed by atoms with Gasteiger partial charge in [0, 0.05) is 24.9 Å². The zero-order valence-corrected chi connectivity index (χ0v) is 33.6. The average molecular weight is 717 g/mol. The topological polar surface area (TPSA) is 52.0 Å². The van der Waals surface area contributed by atoms with E-state index in [0.29, 0.717) is 23.9 Å². The standard InChI is InChI=1S/C15H20N2.C12H15F3.C9H16OS.C6H12O/c1-5-6-13-7-8-14(9-11(13)2)15-10-12(3)16-17(15)4;1-9-5-6-11(10(2)8-9)4-3-7-12(13,14)15;1-5-7(2)9(4)11-6-8(3)10;1-4-5(2)6(3)7/h7-10H,5-6H2,1-4H3;5-6,8H,3-4,7H2,1-2H3;7H,4-6H2,1-3H3;5H,4H2,1-3H3. The lowest BCUT2D eigenvalue weighted by molar-refractivity contribution is -0.135. The minimum Gasteiger partial charge on any atom is -0.300 e. The van der Waals surface area contributed by atoms with Crippen molar-refractivity contribution >= 4 is 23.3 Å². The van der Waals surface area contributed by atoms with E-state index >= 15 is 0 Å². The second kappa shape index (κ2) is 24.1. The predicted octanol–water partition coefficient (Wildman–Crippen LogP) is 12.3. The molecule has 0 bridgehead atoms. The van der Waals surface area contributed by atoms with Gasteiger partial charge in [-0.2, -0.15) is 18.3 Å². The van der Waals surface area contributed by atoms with Crippen molar-refractivity contribution in [3.05, 3.63) is 87.5 Å². The third-order valence-electron chi connectivity index (χ3n) is 8.49.